The number of hydrogen-bond acceptors (Lipinski definition) is 6. The number of carbonyl (C=O) groups is 1. The van der Waals surface area contributed by atoms with Gasteiger partial charge < -0.3 is 14.7 Å². The van der Waals surface area contributed by atoms with Crippen molar-refractivity contribution in [1.29, 1.82) is 0 Å². The van der Waals surface area contributed by atoms with Gasteiger partial charge in [-0.15, -0.1) is 0 Å². The van der Waals surface area contributed by atoms with Crippen molar-refractivity contribution in [1.82, 2.24) is 15.5 Å². The molecule has 0 saturated carbocycles. The lowest BCUT2D eigenvalue weighted by molar-refractivity contribution is -0.131. The van der Waals surface area contributed by atoms with Crippen LogP contribution in [0.4, 0.5) is 0 Å². The van der Waals surface area contributed by atoms with E-state index in [9.17, 15) is 4.79 Å². The zero-order chi connectivity index (χ0) is 19.3. The Morgan fingerprint density at radius 1 is 1.11 bits per heavy atom. The maximum atomic E-state index is 12.3. The van der Waals surface area contributed by atoms with Crippen molar-refractivity contribution in [2.75, 3.05) is 6.54 Å². The number of aromatic nitrogens is 2. The molecule has 1 N–H and O–H groups in total. The minimum Gasteiger partial charge on any atom is -0.382 e. The second-order valence-corrected chi connectivity index (χ2v) is 6.70. The van der Waals surface area contributed by atoms with E-state index in [4.69, 9.17) is 21.0 Å². The predicted octanol–water partition coefficient (Wildman–Crippen LogP) is 3.24. The second kappa shape index (κ2) is 8.22. The minimum absolute atomic E-state index is 0.226. The number of nitrogens with one attached hydrogen (secondary N) is 1. The molecule has 0 fully saturated rings. The molecule has 0 radical (unpaired) electrons. The second-order valence-electron chi connectivity index (χ2n) is 6.26. The normalized spacial score (nSPS) is 15.8. The SMILES string of the molecule is O=C(NCCc1nc(-c2ccccc2)no1)[C@@H]1CC(c2ccc(Cl)cc2)=NO1. The van der Waals surface area contributed by atoms with Gasteiger partial charge in [-0.25, -0.2) is 0 Å². The molecule has 0 aliphatic carbocycles. The zero-order valence-corrected chi connectivity index (χ0v) is 15.6. The predicted molar refractivity (Wildman–Crippen MR) is 104 cm³/mol. The van der Waals surface area contributed by atoms with Gasteiger partial charge in [-0.2, -0.15) is 4.98 Å². The third-order valence-electron chi connectivity index (χ3n) is 4.28. The fourth-order valence-electron chi connectivity index (χ4n) is 2.80. The summed E-state index contributed by atoms with van der Waals surface area (Å²) >= 11 is 5.89. The number of benzene rings is 2. The largest absolute Gasteiger partial charge is 0.382 e. The van der Waals surface area contributed by atoms with Gasteiger partial charge in [-0.1, -0.05) is 64.4 Å². The quantitative estimate of drug-likeness (QED) is 0.690. The third kappa shape index (κ3) is 4.20. The summed E-state index contributed by atoms with van der Waals surface area (Å²) < 4.78 is 5.23. The van der Waals surface area contributed by atoms with E-state index in [1.807, 2.05) is 42.5 Å². The number of nitrogens with zero attached hydrogens (tertiary/aromatic N) is 3. The van der Waals surface area contributed by atoms with Crippen molar-refractivity contribution >= 4 is 23.2 Å². The number of hydrogen-bond donors (Lipinski definition) is 1. The van der Waals surface area contributed by atoms with Gasteiger partial charge in [0, 0.05) is 30.0 Å². The summed E-state index contributed by atoms with van der Waals surface area (Å²) in [6, 6.07) is 16.8. The molecular formula is C20H17ClN4O3. The van der Waals surface area contributed by atoms with Gasteiger partial charge in [-0.05, 0) is 17.7 Å². The Labute approximate surface area is 166 Å². The Kier molecular flexibility index (Phi) is 5.34. The first kappa shape index (κ1) is 18.2. The Balaban J connectivity index is 1.25. The van der Waals surface area contributed by atoms with Crippen molar-refractivity contribution in [2.24, 2.45) is 5.16 Å². The first-order valence-corrected chi connectivity index (χ1v) is 9.21. The van der Waals surface area contributed by atoms with Crippen molar-refractivity contribution in [3.05, 3.63) is 71.1 Å². The molecule has 142 valence electrons. The summed E-state index contributed by atoms with van der Waals surface area (Å²) in [5.41, 5.74) is 2.49. The summed E-state index contributed by atoms with van der Waals surface area (Å²) in [6.45, 7) is 0.366. The molecule has 1 atom stereocenters. The van der Waals surface area contributed by atoms with Crippen molar-refractivity contribution < 1.29 is 14.2 Å². The van der Waals surface area contributed by atoms with Crippen molar-refractivity contribution in [3.63, 3.8) is 0 Å². The smallest absolute Gasteiger partial charge is 0.264 e. The highest BCUT2D eigenvalue weighted by atomic mass is 35.5. The number of oxime groups is 1. The molecule has 2 aromatic carbocycles. The van der Waals surface area contributed by atoms with Crippen LogP contribution in [0.1, 0.15) is 17.9 Å². The highest BCUT2D eigenvalue weighted by molar-refractivity contribution is 6.30. The van der Waals surface area contributed by atoms with Crippen LogP contribution in [0.15, 0.2) is 64.3 Å². The molecule has 0 saturated heterocycles. The topological polar surface area (TPSA) is 89.6 Å². The van der Waals surface area contributed by atoms with Gasteiger partial charge in [0.05, 0.1) is 5.71 Å². The number of halogens is 1. The zero-order valence-electron chi connectivity index (χ0n) is 14.8. The van der Waals surface area contributed by atoms with Crippen LogP contribution in [-0.4, -0.2) is 34.4 Å². The average Bonchev–Trinajstić information content (AvgIpc) is 3.39. The van der Waals surface area contributed by atoms with Gasteiger partial charge in [-0.3, -0.25) is 4.79 Å². The summed E-state index contributed by atoms with van der Waals surface area (Å²) in [7, 11) is 0. The van der Waals surface area contributed by atoms with Crippen LogP contribution >= 0.6 is 11.6 Å². The van der Waals surface area contributed by atoms with Crippen LogP contribution in [0.2, 0.25) is 5.02 Å². The Bertz CT molecular complexity index is 986. The summed E-state index contributed by atoms with van der Waals surface area (Å²) in [5, 5.41) is 11.4. The van der Waals surface area contributed by atoms with E-state index in [2.05, 4.69) is 20.6 Å². The molecule has 3 aromatic rings. The molecule has 2 heterocycles. The molecule has 0 bridgehead atoms. The molecule has 7 nitrogen and oxygen atoms in total. The highest BCUT2D eigenvalue weighted by Gasteiger charge is 2.28. The molecule has 8 heteroatoms. The number of rotatable bonds is 6. The van der Waals surface area contributed by atoms with E-state index in [0.717, 1.165) is 16.8 Å². The Hall–Kier alpha value is -3.19. The fourth-order valence-corrected chi connectivity index (χ4v) is 2.92. The van der Waals surface area contributed by atoms with E-state index < -0.39 is 6.10 Å². The maximum Gasteiger partial charge on any atom is 0.264 e. The molecule has 4 rings (SSSR count). The molecule has 1 aliphatic rings. The molecule has 0 unspecified atom stereocenters. The summed E-state index contributed by atoms with van der Waals surface area (Å²) in [6.07, 6.45) is 0.197. The lowest BCUT2D eigenvalue weighted by Crippen LogP contribution is -2.36. The molecule has 1 amide bonds. The first-order chi connectivity index (χ1) is 13.7. The van der Waals surface area contributed by atoms with E-state index in [-0.39, 0.29) is 5.91 Å². The van der Waals surface area contributed by atoms with E-state index in [1.165, 1.54) is 0 Å². The molecule has 0 spiro atoms. The standard InChI is InChI=1S/C20H17ClN4O3/c21-15-8-6-13(7-9-15)16-12-17(27-24-16)20(26)22-11-10-18-23-19(25-28-18)14-4-2-1-3-5-14/h1-9,17H,10-12H2,(H,22,26)/t17-/m0/s1. The van der Waals surface area contributed by atoms with Crippen molar-refractivity contribution in [2.45, 2.75) is 18.9 Å². The molecule has 28 heavy (non-hydrogen) atoms. The molecule has 1 aliphatic heterocycles. The third-order valence-corrected chi connectivity index (χ3v) is 4.53. The fraction of sp³-hybridized carbons (Fsp3) is 0.200. The lowest BCUT2D eigenvalue weighted by Gasteiger charge is -2.08. The molecule has 1 aromatic heterocycles. The van der Waals surface area contributed by atoms with E-state index >= 15 is 0 Å². The van der Waals surface area contributed by atoms with Crippen LogP contribution in [0.3, 0.4) is 0 Å². The van der Waals surface area contributed by atoms with Gasteiger partial charge in [0.15, 0.2) is 0 Å². The van der Waals surface area contributed by atoms with Crippen LogP contribution in [0.25, 0.3) is 11.4 Å². The van der Waals surface area contributed by atoms with E-state index in [0.29, 0.717) is 36.1 Å². The summed E-state index contributed by atoms with van der Waals surface area (Å²) in [4.78, 5) is 21.9. The number of amides is 1. The van der Waals surface area contributed by atoms with Gasteiger partial charge in [0.2, 0.25) is 17.8 Å². The number of carbonyl (C=O) groups excluding carboxylic acids is 1. The van der Waals surface area contributed by atoms with Gasteiger partial charge in [0.25, 0.3) is 5.91 Å². The summed E-state index contributed by atoms with van der Waals surface area (Å²) in [5.74, 6) is 0.766. The maximum absolute atomic E-state index is 12.3. The van der Waals surface area contributed by atoms with Crippen LogP contribution in [0, 0.1) is 0 Å². The highest BCUT2D eigenvalue weighted by Crippen LogP contribution is 2.19. The van der Waals surface area contributed by atoms with Gasteiger partial charge in [0.1, 0.15) is 0 Å². The van der Waals surface area contributed by atoms with Crippen LogP contribution in [0.5, 0.6) is 0 Å². The van der Waals surface area contributed by atoms with Crippen molar-refractivity contribution in [3.8, 4) is 11.4 Å². The molecular weight excluding hydrogens is 380 g/mol. The van der Waals surface area contributed by atoms with Crippen LogP contribution in [-0.2, 0) is 16.1 Å². The van der Waals surface area contributed by atoms with Gasteiger partial charge >= 0.3 is 0 Å². The average molecular weight is 397 g/mol. The lowest BCUT2D eigenvalue weighted by atomic mass is 10.0. The van der Waals surface area contributed by atoms with Crippen LogP contribution < -0.4 is 5.32 Å². The minimum atomic E-state index is -0.645. The Morgan fingerprint density at radius 3 is 2.68 bits per heavy atom. The first-order valence-electron chi connectivity index (χ1n) is 8.83. The Morgan fingerprint density at radius 2 is 1.89 bits per heavy atom. The van der Waals surface area contributed by atoms with E-state index in [1.54, 1.807) is 12.1 Å². The monoisotopic (exact) mass is 396 g/mol.